The van der Waals surface area contributed by atoms with Crippen LogP contribution in [-0.4, -0.2) is 42.3 Å². The van der Waals surface area contributed by atoms with Gasteiger partial charge in [-0.05, 0) is 46.9 Å². The number of hydrogen-bond acceptors (Lipinski definition) is 4. The molecule has 4 rings (SSSR count). The first-order valence-corrected chi connectivity index (χ1v) is 11.9. The molecule has 0 spiro atoms. The van der Waals surface area contributed by atoms with Crippen LogP contribution in [0.1, 0.15) is 50.2 Å². The van der Waals surface area contributed by atoms with Gasteiger partial charge in [0.1, 0.15) is 6.61 Å². The van der Waals surface area contributed by atoms with E-state index in [1.165, 1.54) is 22.3 Å². The first kappa shape index (κ1) is 23.8. The van der Waals surface area contributed by atoms with Crippen LogP contribution in [0.2, 0.25) is 0 Å². The minimum atomic E-state index is -0.857. The van der Waals surface area contributed by atoms with Gasteiger partial charge < -0.3 is 20.5 Å². The van der Waals surface area contributed by atoms with E-state index in [0.717, 1.165) is 0 Å². The van der Waals surface area contributed by atoms with Crippen LogP contribution >= 0.6 is 0 Å². The lowest BCUT2D eigenvalue weighted by Crippen LogP contribution is -2.50. The fraction of sp³-hybridized carbons (Fsp3) is 0.444. The number of nitrogens with one attached hydrogen (secondary N) is 2. The summed E-state index contributed by atoms with van der Waals surface area (Å²) in [7, 11) is 0. The lowest BCUT2D eigenvalue weighted by Gasteiger charge is -2.35. The Morgan fingerprint density at radius 3 is 2.15 bits per heavy atom. The average molecular weight is 465 g/mol. The zero-order valence-corrected chi connectivity index (χ0v) is 19.6. The zero-order chi connectivity index (χ0) is 24.2. The number of alkyl carbamates (subject to hydrolysis) is 1. The van der Waals surface area contributed by atoms with Crippen molar-refractivity contribution in [2.24, 2.45) is 17.8 Å². The van der Waals surface area contributed by atoms with E-state index in [2.05, 4.69) is 34.9 Å². The smallest absolute Gasteiger partial charge is 0.407 e. The van der Waals surface area contributed by atoms with Gasteiger partial charge in [-0.3, -0.25) is 9.59 Å². The Morgan fingerprint density at radius 1 is 1.00 bits per heavy atom. The third kappa shape index (κ3) is 5.24. The number of hydrogen-bond donors (Lipinski definition) is 3. The molecule has 0 bridgehead atoms. The number of carboxylic acid groups (broad SMARTS) is 1. The second-order valence-corrected chi connectivity index (χ2v) is 9.68. The molecule has 0 radical (unpaired) electrons. The van der Waals surface area contributed by atoms with Crippen molar-refractivity contribution in [3.63, 3.8) is 0 Å². The average Bonchev–Trinajstić information content (AvgIpc) is 3.10. The van der Waals surface area contributed by atoms with Gasteiger partial charge in [0.15, 0.2) is 0 Å². The van der Waals surface area contributed by atoms with Crippen molar-refractivity contribution in [2.75, 3.05) is 13.2 Å². The highest BCUT2D eigenvalue weighted by atomic mass is 16.5. The van der Waals surface area contributed by atoms with Crippen molar-refractivity contribution in [2.45, 2.75) is 45.1 Å². The highest BCUT2D eigenvalue weighted by molar-refractivity contribution is 5.81. The summed E-state index contributed by atoms with van der Waals surface area (Å²) in [6.07, 6.45) is 0.684. The topological polar surface area (TPSA) is 105 Å². The highest BCUT2D eigenvalue weighted by Crippen LogP contribution is 2.44. The van der Waals surface area contributed by atoms with Gasteiger partial charge >= 0.3 is 12.1 Å². The maximum atomic E-state index is 12.4. The molecule has 1 fully saturated rings. The minimum Gasteiger partial charge on any atom is -0.481 e. The molecule has 0 aromatic heterocycles. The van der Waals surface area contributed by atoms with E-state index in [0.29, 0.717) is 19.4 Å². The molecule has 3 N–H and O–H groups in total. The monoisotopic (exact) mass is 464 g/mol. The van der Waals surface area contributed by atoms with Crippen molar-refractivity contribution >= 4 is 18.0 Å². The predicted molar refractivity (Wildman–Crippen MR) is 128 cm³/mol. The van der Waals surface area contributed by atoms with Crippen molar-refractivity contribution in [3.05, 3.63) is 59.7 Å². The Morgan fingerprint density at radius 2 is 1.59 bits per heavy atom. The maximum Gasteiger partial charge on any atom is 0.407 e. The molecule has 2 amide bonds. The summed E-state index contributed by atoms with van der Waals surface area (Å²) in [5.41, 5.74) is 4.70. The quantitative estimate of drug-likeness (QED) is 0.517. The second-order valence-electron chi connectivity index (χ2n) is 9.68. The number of ether oxygens (including phenoxy) is 1. The summed E-state index contributed by atoms with van der Waals surface area (Å²) in [4.78, 5) is 35.8. The van der Waals surface area contributed by atoms with Gasteiger partial charge in [-0.1, -0.05) is 62.4 Å². The number of amides is 2. The van der Waals surface area contributed by atoms with Crippen molar-refractivity contribution in [1.29, 1.82) is 0 Å². The molecule has 2 aromatic carbocycles. The molecule has 1 atom stereocenters. The Hall–Kier alpha value is -3.35. The molecule has 2 aliphatic carbocycles. The van der Waals surface area contributed by atoms with Gasteiger partial charge in [-0.15, -0.1) is 0 Å². The summed E-state index contributed by atoms with van der Waals surface area (Å²) in [6.45, 7) is 4.52. The second kappa shape index (κ2) is 10.3. The highest BCUT2D eigenvalue weighted by Gasteiger charge is 2.36. The van der Waals surface area contributed by atoms with Crippen LogP contribution in [0, 0.1) is 17.8 Å². The van der Waals surface area contributed by atoms with Gasteiger partial charge in [-0.2, -0.15) is 0 Å². The Bertz CT molecular complexity index is 1010. The summed E-state index contributed by atoms with van der Waals surface area (Å²) < 4.78 is 5.58. The van der Waals surface area contributed by atoms with E-state index in [1.807, 2.05) is 38.1 Å². The molecule has 7 nitrogen and oxygen atoms in total. The predicted octanol–water partition coefficient (Wildman–Crippen LogP) is 4.17. The fourth-order valence-electron chi connectivity index (χ4n) is 4.90. The van der Waals surface area contributed by atoms with Crippen molar-refractivity contribution < 1.29 is 24.2 Å². The van der Waals surface area contributed by atoms with Crippen LogP contribution in [0.3, 0.4) is 0 Å². The van der Waals surface area contributed by atoms with E-state index < -0.39 is 12.1 Å². The van der Waals surface area contributed by atoms with E-state index in [-0.39, 0.29) is 48.6 Å². The molecule has 2 aromatic rings. The van der Waals surface area contributed by atoms with Crippen LogP contribution in [-0.2, 0) is 14.3 Å². The molecule has 1 unspecified atom stereocenters. The largest absolute Gasteiger partial charge is 0.481 e. The first-order valence-electron chi connectivity index (χ1n) is 11.9. The molecule has 1 saturated carbocycles. The molecule has 34 heavy (non-hydrogen) atoms. The number of carbonyl (C=O) groups is 3. The lowest BCUT2D eigenvalue weighted by atomic mass is 9.79. The van der Waals surface area contributed by atoms with Crippen molar-refractivity contribution in [1.82, 2.24) is 10.6 Å². The third-order valence-corrected chi connectivity index (χ3v) is 7.09. The van der Waals surface area contributed by atoms with Gasteiger partial charge in [0.05, 0.1) is 6.42 Å². The Labute approximate surface area is 199 Å². The molecular weight excluding hydrogens is 432 g/mol. The third-order valence-electron chi connectivity index (χ3n) is 7.09. The van der Waals surface area contributed by atoms with Crippen LogP contribution < -0.4 is 10.6 Å². The summed E-state index contributed by atoms with van der Waals surface area (Å²) >= 11 is 0. The number of carbonyl (C=O) groups excluding carboxylic acids is 2. The number of carboxylic acids is 1. The molecule has 0 aliphatic heterocycles. The molecular formula is C27H32N2O5. The molecule has 180 valence electrons. The number of aliphatic carboxylic acids is 1. The lowest BCUT2D eigenvalue weighted by molar-refractivity contribution is -0.139. The standard InChI is InChI=1S/C27H32N2O5/c1-16(2)18(13-25(30)31)14-28-26(32)17-11-19(12-17)29-27(33)34-15-24-22-9-5-3-7-20(22)21-8-4-6-10-23(21)24/h3-10,16-19,24H,11-15H2,1-2H3,(H,28,32)(H,29,33)(H,30,31). The molecule has 0 heterocycles. The van der Waals surface area contributed by atoms with Crippen LogP contribution in [0.4, 0.5) is 4.79 Å². The zero-order valence-electron chi connectivity index (χ0n) is 19.6. The van der Waals surface area contributed by atoms with E-state index >= 15 is 0 Å². The molecule has 7 heteroatoms. The van der Waals surface area contributed by atoms with Gasteiger partial charge in [0.25, 0.3) is 0 Å². The van der Waals surface area contributed by atoms with Crippen LogP contribution in [0.15, 0.2) is 48.5 Å². The Balaban J connectivity index is 1.22. The van der Waals surface area contributed by atoms with Crippen LogP contribution in [0.5, 0.6) is 0 Å². The van der Waals surface area contributed by atoms with Gasteiger partial charge in [0, 0.05) is 24.4 Å². The summed E-state index contributed by atoms with van der Waals surface area (Å²) in [5.74, 6) is -1.03. The summed E-state index contributed by atoms with van der Waals surface area (Å²) in [6, 6.07) is 16.3. The normalized spacial score (nSPS) is 19.5. The Kier molecular flexibility index (Phi) is 7.20. The first-order chi connectivity index (χ1) is 16.3. The SMILES string of the molecule is CC(C)C(CNC(=O)C1CC(NC(=O)OCC2c3ccccc3-c3ccccc32)C1)CC(=O)O. The van der Waals surface area contributed by atoms with E-state index in [4.69, 9.17) is 9.84 Å². The molecule has 0 saturated heterocycles. The van der Waals surface area contributed by atoms with Crippen molar-refractivity contribution in [3.8, 4) is 11.1 Å². The van der Waals surface area contributed by atoms with E-state index in [9.17, 15) is 14.4 Å². The summed E-state index contributed by atoms with van der Waals surface area (Å²) in [5, 5.41) is 14.8. The van der Waals surface area contributed by atoms with Gasteiger partial charge in [-0.25, -0.2) is 4.79 Å². The maximum absolute atomic E-state index is 12.4. The van der Waals surface area contributed by atoms with Gasteiger partial charge in [0.2, 0.25) is 5.91 Å². The van der Waals surface area contributed by atoms with E-state index in [1.54, 1.807) is 0 Å². The minimum absolute atomic E-state index is 0.0118. The number of benzene rings is 2. The van der Waals surface area contributed by atoms with Crippen LogP contribution in [0.25, 0.3) is 11.1 Å². The fourth-order valence-corrected chi connectivity index (χ4v) is 4.90. The number of fused-ring (bicyclic) bond motifs is 3. The molecule has 2 aliphatic rings. The number of rotatable bonds is 9.